The van der Waals surface area contributed by atoms with Crippen LogP contribution in [0, 0.1) is 17.2 Å². The van der Waals surface area contributed by atoms with Crippen molar-refractivity contribution < 1.29 is 33.4 Å². The van der Waals surface area contributed by atoms with Crippen LogP contribution in [-0.4, -0.2) is 72.7 Å². The molecule has 3 aromatic carbocycles. The number of rotatable bonds is 19. The maximum atomic E-state index is 12.9. The highest BCUT2D eigenvalue weighted by molar-refractivity contribution is 6.12. The van der Waals surface area contributed by atoms with Gasteiger partial charge >= 0.3 is 0 Å². The largest absolute Gasteiger partial charge is 0.496 e. The average Bonchev–Trinajstić information content (AvgIpc) is 3.55. The first-order chi connectivity index (χ1) is 28.0. The lowest BCUT2D eigenvalue weighted by molar-refractivity contribution is -0.137. The first kappa shape index (κ1) is 42.1. The number of fused-ring (bicyclic) bond motifs is 1. The number of carbonyl (C=O) groups is 5. The maximum Gasteiger partial charge on any atom is 0.253 e. The van der Waals surface area contributed by atoms with Crippen LogP contribution < -0.4 is 25.6 Å². The van der Waals surface area contributed by atoms with Crippen LogP contribution in [0.5, 0.6) is 5.75 Å². The van der Waals surface area contributed by atoms with Crippen molar-refractivity contribution in [2.45, 2.75) is 52.2 Å². The molecule has 1 aliphatic heterocycles. The molecule has 5 rings (SSSR count). The molecule has 300 valence electrons. The number of unbranched alkanes of at least 4 members (excludes halogenated alkanes) is 2. The van der Waals surface area contributed by atoms with E-state index in [0.717, 1.165) is 33.4 Å². The minimum Gasteiger partial charge on any atom is -0.496 e. The number of anilines is 3. The second kappa shape index (κ2) is 20.2. The van der Waals surface area contributed by atoms with Gasteiger partial charge in [0.15, 0.2) is 0 Å². The van der Waals surface area contributed by atoms with Crippen LogP contribution in [0.2, 0.25) is 0 Å². The molecule has 0 saturated heterocycles. The van der Waals surface area contributed by atoms with Gasteiger partial charge in [0.1, 0.15) is 30.2 Å². The number of methoxy groups -OCH3 is 1. The van der Waals surface area contributed by atoms with Crippen LogP contribution in [0.3, 0.4) is 0 Å². The van der Waals surface area contributed by atoms with Crippen LogP contribution in [-0.2, 0) is 35.3 Å². The summed E-state index contributed by atoms with van der Waals surface area (Å²) in [5, 5.41) is 18.6. The summed E-state index contributed by atoms with van der Waals surface area (Å²) in [5.41, 5.74) is 4.97. The number of benzene rings is 3. The van der Waals surface area contributed by atoms with Crippen molar-refractivity contribution in [2.75, 3.05) is 37.5 Å². The minimum absolute atomic E-state index is 0.187. The van der Waals surface area contributed by atoms with Gasteiger partial charge in [-0.15, -0.1) is 0 Å². The van der Waals surface area contributed by atoms with Gasteiger partial charge in [-0.05, 0) is 72.9 Å². The summed E-state index contributed by atoms with van der Waals surface area (Å²) in [7, 11) is 3.53. The molecule has 0 radical (unpaired) electrons. The topological polar surface area (TPSA) is 183 Å². The molecule has 14 heteroatoms. The molecule has 0 spiro atoms. The van der Waals surface area contributed by atoms with Gasteiger partial charge in [-0.25, -0.2) is 4.98 Å². The Hall–Kier alpha value is -7.01. The summed E-state index contributed by atoms with van der Waals surface area (Å²) in [6, 6.07) is 23.7. The van der Waals surface area contributed by atoms with Gasteiger partial charge in [0, 0.05) is 54.5 Å². The molecule has 4 aromatic rings. The van der Waals surface area contributed by atoms with Crippen molar-refractivity contribution in [3.8, 4) is 11.8 Å². The zero-order chi connectivity index (χ0) is 41.6. The SMILES string of the molecule is COc1ccc(N(C)c2cc(C#N)nc3ccccc23)cc1/C=C/OCc1ccc(NC(=O)CNC(=O)C(NC(=O)CCCCCN2C(=O)C=CC2=O)C(C)C)cc1. The molecule has 0 aliphatic carbocycles. The number of hydrogen-bond acceptors (Lipinski definition) is 10. The Kier molecular flexibility index (Phi) is 14.7. The third kappa shape index (κ3) is 11.3. The molecule has 0 bridgehead atoms. The Morgan fingerprint density at radius 3 is 2.40 bits per heavy atom. The molecular formula is C44H47N7O7. The molecule has 58 heavy (non-hydrogen) atoms. The number of carbonyl (C=O) groups excluding carboxylic acids is 5. The predicted octanol–water partition coefficient (Wildman–Crippen LogP) is 5.75. The molecule has 2 heterocycles. The van der Waals surface area contributed by atoms with Crippen molar-refractivity contribution in [3.05, 3.63) is 108 Å². The van der Waals surface area contributed by atoms with Gasteiger partial charge in [0.25, 0.3) is 11.8 Å². The second-order valence-corrected chi connectivity index (χ2v) is 14.0. The number of pyridine rings is 1. The molecule has 1 atom stereocenters. The Labute approximate surface area is 337 Å². The van der Waals surface area contributed by atoms with E-state index in [1.807, 2.05) is 72.6 Å². The number of nitrogens with one attached hydrogen (secondary N) is 3. The fourth-order valence-corrected chi connectivity index (χ4v) is 6.29. The standard InChI is InChI=1S/C44H47N7O7/c1-29(2)43(49-39(52)12-6-5-9-22-51-41(54)19-20-42(51)55)44(56)46-27-40(53)48-32-15-13-30(14-16-32)28-58-23-21-31-24-34(17-18-38(31)57-4)50(3)37-25-33(26-45)47-36-11-8-7-10-35(36)37/h7-8,10-11,13-21,23-25,29,43H,5-6,9,12,22,27-28H2,1-4H3,(H,46,56)(H,48,53)(H,49,52)/b23-21+. The molecular weight excluding hydrogens is 739 g/mol. The van der Waals surface area contributed by atoms with E-state index in [1.54, 1.807) is 45.4 Å². The van der Waals surface area contributed by atoms with E-state index in [9.17, 15) is 29.2 Å². The summed E-state index contributed by atoms with van der Waals surface area (Å²) >= 11 is 0. The highest BCUT2D eigenvalue weighted by atomic mass is 16.5. The number of aromatic nitrogens is 1. The number of hydrogen-bond donors (Lipinski definition) is 3. The van der Waals surface area contributed by atoms with Crippen LogP contribution in [0.4, 0.5) is 17.1 Å². The van der Waals surface area contributed by atoms with E-state index in [2.05, 4.69) is 27.0 Å². The number of para-hydroxylation sites is 1. The number of nitrogens with zero attached hydrogens (tertiary/aromatic N) is 4. The van der Waals surface area contributed by atoms with Crippen molar-refractivity contribution >= 4 is 63.6 Å². The van der Waals surface area contributed by atoms with Gasteiger partial charge in [-0.3, -0.25) is 28.9 Å². The third-order valence-corrected chi connectivity index (χ3v) is 9.48. The smallest absolute Gasteiger partial charge is 0.253 e. The van der Waals surface area contributed by atoms with Crippen LogP contribution in [0.15, 0.2) is 91.2 Å². The van der Waals surface area contributed by atoms with Gasteiger partial charge < -0.3 is 30.3 Å². The van der Waals surface area contributed by atoms with Crippen LogP contribution in [0.1, 0.15) is 56.4 Å². The van der Waals surface area contributed by atoms with Gasteiger partial charge in [-0.2, -0.15) is 5.26 Å². The zero-order valence-corrected chi connectivity index (χ0v) is 33.0. The summed E-state index contributed by atoms with van der Waals surface area (Å²) in [4.78, 5) is 69.0. The zero-order valence-electron chi connectivity index (χ0n) is 33.0. The van der Waals surface area contributed by atoms with E-state index in [0.29, 0.717) is 42.9 Å². The fraction of sp³-hybridized carbons (Fsp3) is 0.295. The van der Waals surface area contributed by atoms with E-state index in [-0.39, 0.29) is 43.2 Å². The normalized spacial score (nSPS) is 12.8. The minimum atomic E-state index is -0.822. The monoisotopic (exact) mass is 785 g/mol. The molecule has 5 amide bonds. The van der Waals surface area contributed by atoms with Gasteiger partial charge in [-0.1, -0.05) is 50.6 Å². The van der Waals surface area contributed by atoms with Crippen molar-refractivity contribution in [1.82, 2.24) is 20.5 Å². The molecule has 1 aliphatic rings. The quantitative estimate of drug-likeness (QED) is 0.0601. The summed E-state index contributed by atoms with van der Waals surface area (Å²) < 4.78 is 11.4. The Bertz CT molecular complexity index is 2230. The molecule has 1 aromatic heterocycles. The lowest BCUT2D eigenvalue weighted by atomic mass is 10.0. The first-order valence-electron chi connectivity index (χ1n) is 19.0. The van der Waals surface area contributed by atoms with E-state index in [4.69, 9.17) is 9.47 Å². The average molecular weight is 786 g/mol. The maximum absolute atomic E-state index is 12.9. The van der Waals surface area contributed by atoms with Crippen molar-refractivity contribution in [2.24, 2.45) is 5.92 Å². The van der Waals surface area contributed by atoms with Gasteiger partial charge in [0.05, 0.1) is 31.1 Å². The number of imide groups is 1. The fourth-order valence-electron chi connectivity index (χ4n) is 6.29. The Morgan fingerprint density at radius 1 is 0.948 bits per heavy atom. The van der Waals surface area contributed by atoms with E-state index < -0.39 is 17.9 Å². The number of nitriles is 1. The van der Waals surface area contributed by atoms with Crippen LogP contribution >= 0.6 is 0 Å². The molecule has 0 saturated carbocycles. The number of ether oxygens (including phenoxy) is 2. The summed E-state index contributed by atoms with van der Waals surface area (Å²) in [6.07, 6.45) is 7.82. The highest BCUT2D eigenvalue weighted by Crippen LogP contribution is 2.34. The number of amides is 5. The van der Waals surface area contributed by atoms with Crippen molar-refractivity contribution in [3.63, 3.8) is 0 Å². The van der Waals surface area contributed by atoms with E-state index >= 15 is 0 Å². The van der Waals surface area contributed by atoms with Crippen molar-refractivity contribution in [1.29, 1.82) is 5.26 Å². The first-order valence-corrected chi connectivity index (χ1v) is 19.0. The molecule has 3 N–H and O–H groups in total. The summed E-state index contributed by atoms with van der Waals surface area (Å²) in [6.45, 7) is 3.89. The molecule has 0 fully saturated rings. The van der Waals surface area contributed by atoms with Crippen LogP contribution in [0.25, 0.3) is 17.0 Å². The lowest BCUT2D eigenvalue weighted by Crippen LogP contribution is -2.51. The second-order valence-electron chi connectivity index (χ2n) is 14.0. The van der Waals surface area contributed by atoms with Gasteiger partial charge in [0.2, 0.25) is 17.7 Å². The molecule has 1 unspecified atom stereocenters. The highest BCUT2D eigenvalue weighted by Gasteiger charge is 2.25. The summed E-state index contributed by atoms with van der Waals surface area (Å²) in [5.74, 6) is -1.40. The Morgan fingerprint density at radius 2 is 1.69 bits per heavy atom. The lowest BCUT2D eigenvalue weighted by Gasteiger charge is -2.22. The third-order valence-electron chi connectivity index (χ3n) is 9.48. The Balaban J connectivity index is 1.06. The van der Waals surface area contributed by atoms with E-state index in [1.165, 1.54) is 17.1 Å². The molecule has 14 nitrogen and oxygen atoms in total. The predicted molar refractivity (Wildman–Crippen MR) is 221 cm³/mol.